The Morgan fingerprint density at radius 1 is 1.56 bits per heavy atom. The van der Waals surface area contributed by atoms with E-state index >= 15 is 0 Å². The number of amides is 1. The van der Waals surface area contributed by atoms with Gasteiger partial charge in [0, 0.05) is 6.20 Å². The Morgan fingerprint density at radius 2 is 2.33 bits per heavy atom. The molecule has 2 aromatic heterocycles. The first kappa shape index (κ1) is 11.8. The van der Waals surface area contributed by atoms with Crippen LogP contribution in [0.1, 0.15) is 16.2 Å². The molecule has 0 aliphatic rings. The fourth-order valence-electron chi connectivity index (χ4n) is 1.36. The summed E-state index contributed by atoms with van der Waals surface area (Å²) < 4.78 is 6.12. The van der Waals surface area contributed by atoms with E-state index in [9.17, 15) is 9.59 Å². The van der Waals surface area contributed by atoms with Crippen LogP contribution in [0.15, 0.2) is 23.2 Å². The highest BCUT2D eigenvalue weighted by atomic mass is 16.4. The lowest BCUT2D eigenvalue weighted by Crippen LogP contribution is -2.12. The number of carbonyl (C=O) groups excluding carboxylic acids is 1. The number of rotatable bonds is 4. The third-order valence-corrected chi connectivity index (χ3v) is 2.14. The summed E-state index contributed by atoms with van der Waals surface area (Å²) in [5.41, 5.74) is 0.863. The number of carboxylic acids is 1. The van der Waals surface area contributed by atoms with Crippen LogP contribution in [-0.4, -0.2) is 31.7 Å². The SMILES string of the molecule is Cc1ncoc1C(=O)Nc1cnn(CC(=O)O)c1. The number of aryl methyl sites for hydroxylation is 1. The molecule has 0 bridgehead atoms. The van der Waals surface area contributed by atoms with Crippen molar-refractivity contribution in [3.63, 3.8) is 0 Å². The van der Waals surface area contributed by atoms with Crippen LogP contribution in [0.2, 0.25) is 0 Å². The molecule has 0 saturated carbocycles. The summed E-state index contributed by atoms with van der Waals surface area (Å²) in [5.74, 6) is -1.36. The predicted octanol–water partition coefficient (Wildman–Crippen LogP) is 0.516. The van der Waals surface area contributed by atoms with E-state index in [-0.39, 0.29) is 12.3 Å². The molecule has 0 spiro atoms. The number of carbonyl (C=O) groups is 2. The molecule has 8 heteroatoms. The highest BCUT2D eigenvalue weighted by molar-refractivity contribution is 6.02. The average molecular weight is 250 g/mol. The van der Waals surface area contributed by atoms with E-state index in [1.807, 2.05) is 0 Å². The smallest absolute Gasteiger partial charge is 0.325 e. The zero-order chi connectivity index (χ0) is 13.1. The van der Waals surface area contributed by atoms with Crippen molar-refractivity contribution in [3.8, 4) is 0 Å². The van der Waals surface area contributed by atoms with Gasteiger partial charge in [0.2, 0.25) is 5.76 Å². The molecule has 0 atom stereocenters. The Balaban J connectivity index is 2.06. The third-order valence-electron chi connectivity index (χ3n) is 2.14. The van der Waals surface area contributed by atoms with E-state index in [2.05, 4.69) is 15.4 Å². The van der Waals surface area contributed by atoms with Crippen LogP contribution >= 0.6 is 0 Å². The van der Waals surface area contributed by atoms with Gasteiger partial charge in [-0.3, -0.25) is 14.3 Å². The van der Waals surface area contributed by atoms with E-state index in [0.717, 1.165) is 0 Å². The van der Waals surface area contributed by atoms with E-state index in [0.29, 0.717) is 11.4 Å². The predicted molar refractivity (Wildman–Crippen MR) is 59.1 cm³/mol. The third kappa shape index (κ3) is 2.54. The highest BCUT2D eigenvalue weighted by Gasteiger charge is 2.14. The molecule has 0 saturated heterocycles. The molecule has 0 aliphatic heterocycles. The number of aromatic nitrogens is 3. The summed E-state index contributed by atoms with van der Waals surface area (Å²) in [6.07, 6.45) is 3.95. The number of nitrogens with one attached hydrogen (secondary N) is 1. The van der Waals surface area contributed by atoms with Crippen LogP contribution in [-0.2, 0) is 11.3 Å². The van der Waals surface area contributed by atoms with Gasteiger partial charge in [0.1, 0.15) is 6.54 Å². The zero-order valence-electron chi connectivity index (χ0n) is 9.45. The highest BCUT2D eigenvalue weighted by Crippen LogP contribution is 2.10. The molecule has 0 aromatic carbocycles. The minimum Gasteiger partial charge on any atom is -0.480 e. The molecular weight excluding hydrogens is 240 g/mol. The quantitative estimate of drug-likeness (QED) is 0.818. The van der Waals surface area contributed by atoms with E-state index in [4.69, 9.17) is 9.52 Å². The summed E-state index contributed by atoms with van der Waals surface area (Å²) in [5, 5.41) is 14.9. The largest absolute Gasteiger partial charge is 0.480 e. The second-order valence-corrected chi connectivity index (χ2v) is 3.54. The second kappa shape index (κ2) is 4.70. The van der Waals surface area contributed by atoms with Crippen molar-refractivity contribution in [2.24, 2.45) is 0 Å². The number of aliphatic carboxylic acids is 1. The number of hydrogen-bond acceptors (Lipinski definition) is 5. The molecule has 2 heterocycles. The Kier molecular flexibility index (Phi) is 3.09. The van der Waals surface area contributed by atoms with Crippen LogP contribution in [0, 0.1) is 6.92 Å². The van der Waals surface area contributed by atoms with Gasteiger partial charge in [-0.05, 0) is 6.92 Å². The summed E-state index contributed by atoms with van der Waals surface area (Å²) in [7, 11) is 0. The molecule has 1 amide bonds. The van der Waals surface area contributed by atoms with Gasteiger partial charge in [-0.2, -0.15) is 5.10 Å². The lowest BCUT2D eigenvalue weighted by Gasteiger charge is -1.99. The molecule has 0 fully saturated rings. The Morgan fingerprint density at radius 3 is 2.94 bits per heavy atom. The first-order valence-corrected chi connectivity index (χ1v) is 5.02. The van der Waals surface area contributed by atoms with Gasteiger partial charge < -0.3 is 14.8 Å². The lowest BCUT2D eigenvalue weighted by molar-refractivity contribution is -0.137. The van der Waals surface area contributed by atoms with Crippen molar-refractivity contribution < 1.29 is 19.1 Å². The maximum absolute atomic E-state index is 11.7. The minimum atomic E-state index is -1.01. The fourth-order valence-corrected chi connectivity index (χ4v) is 1.36. The number of anilines is 1. The molecule has 2 aromatic rings. The van der Waals surface area contributed by atoms with Gasteiger partial charge in [0.15, 0.2) is 6.39 Å². The molecule has 94 valence electrons. The fraction of sp³-hybridized carbons (Fsp3) is 0.200. The molecule has 2 N–H and O–H groups in total. The first-order chi connectivity index (χ1) is 8.56. The van der Waals surface area contributed by atoms with Gasteiger partial charge in [-0.25, -0.2) is 4.98 Å². The maximum Gasteiger partial charge on any atom is 0.325 e. The molecule has 0 aliphatic carbocycles. The van der Waals surface area contributed by atoms with Crippen LogP contribution in [0.5, 0.6) is 0 Å². The molecule has 2 rings (SSSR count). The number of carboxylic acid groups (broad SMARTS) is 1. The second-order valence-electron chi connectivity index (χ2n) is 3.54. The summed E-state index contributed by atoms with van der Waals surface area (Å²) in [6, 6.07) is 0. The molecule has 18 heavy (non-hydrogen) atoms. The summed E-state index contributed by atoms with van der Waals surface area (Å²) in [4.78, 5) is 26.0. The number of oxazole rings is 1. The van der Waals surface area contributed by atoms with Crippen LogP contribution in [0.3, 0.4) is 0 Å². The first-order valence-electron chi connectivity index (χ1n) is 5.02. The van der Waals surface area contributed by atoms with Gasteiger partial charge in [-0.1, -0.05) is 0 Å². The lowest BCUT2D eigenvalue weighted by atomic mass is 10.3. The van der Waals surface area contributed by atoms with Gasteiger partial charge >= 0.3 is 5.97 Å². The number of hydrogen-bond donors (Lipinski definition) is 2. The van der Waals surface area contributed by atoms with Gasteiger partial charge in [0.25, 0.3) is 5.91 Å². The Labute approximate surface area is 101 Å². The topological polar surface area (TPSA) is 110 Å². The maximum atomic E-state index is 11.7. The average Bonchev–Trinajstić information content (AvgIpc) is 2.87. The van der Waals surface area contributed by atoms with Crippen molar-refractivity contribution in [1.29, 1.82) is 0 Å². The van der Waals surface area contributed by atoms with Crippen LogP contribution in [0.25, 0.3) is 0 Å². The normalized spacial score (nSPS) is 10.3. The standard InChI is InChI=1S/C10H10N4O4/c1-6-9(18-5-11-6)10(17)13-7-2-12-14(3-7)4-8(15)16/h2-3,5H,4H2,1H3,(H,13,17)(H,15,16). The van der Waals surface area contributed by atoms with Crippen LogP contribution in [0.4, 0.5) is 5.69 Å². The van der Waals surface area contributed by atoms with Crippen molar-refractivity contribution >= 4 is 17.6 Å². The monoisotopic (exact) mass is 250 g/mol. The van der Waals surface area contributed by atoms with E-state index in [1.165, 1.54) is 23.5 Å². The van der Waals surface area contributed by atoms with E-state index in [1.54, 1.807) is 6.92 Å². The van der Waals surface area contributed by atoms with Crippen molar-refractivity contribution in [3.05, 3.63) is 30.2 Å². The van der Waals surface area contributed by atoms with Crippen molar-refractivity contribution in [2.75, 3.05) is 5.32 Å². The zero-order valence-corrected chi connectivity index (χ0v) is 9.45. The molecular formula is C10H10N4O4. The Bertz CT molecular complexity index is 586. The Hall–Kier alpha value is -2.64. The van der Waals surface area contributed by atoms with E-state index < -0.39 is 11.9 Å². The van der Waals surface area contributed by atoms with Crippen molar-refractivity contribution in [2.45, 2.75) is 13.5 Å². The van der Waals surface area contributed by atoms with Gasteiger partial charge in [0.05, 0.1) is 17.6 Å². The van der Waals surface area contributed by atoms with Gasteiger partial charge in [-0.15, -0.1) is 0 Å². The summed E-state index contributed by atoms with van der Waals surface area (Å²) in [6.45, 7) is 1.38. The molecule has 0 radical (unpaired) electrons. The summed E-state index contributed by atoms with van der Waals surface area (Å²) >= 11 is 0. The van der Waals surface area contributed by atoms with Crippen molar-refractivity contribution in [1.82, 2.24) is 14.8 Å². The molecule has 0 unspecified atom stereocenters. The van der Waals surface area contributed by atoms with Crippen LogP contribution < -0.4 is 5.32 Å². The molecule has 8 nitrogen and oxygen atoms in total. The number of nitrogens with zero attached hydrogens (tertiary/aromatic N) is 3. The minimum absolute atomic E-state index is 0.112.